The number of likely N-dealkylation sites (tertiary alicyclic amines) is 1. The molecule has 0 saturated carbocycles. The third-order valence-corrected chi connectivity index (χ3v) is 3.79. The average molecular weight is 260 g/mol. The highest BCUT2D eigenvalue weighted by molar-refractivity contribution is 5.92. The van der Waals surface area contributed by atoms with Gasteiger partial charge in [-0.1, -0.05) is 12.5 Å². The minimum absolute atomic E-state index is 0.0961. The van der Waals surface area contributed by atoms with Crippen LogP contribution in [0.5, 0.6) is 0 Å². The molecule has 1 aromatic carbocycles. The van der Waals surface area contributed by atoms with E-state index >= 15 is 0 Å². The van der Waals surface area contributed by atoms with Crippen LogP contribution >= 0.6 is 0 Å². The lowest BCUT2D eigenvalue weighted by Gasteiger charge is -2.32. The summed E-state index contributed by atoms with van der Waals surface area (Å²) in [6, 6.07) is 6.68. The van der Waals surface area contributed by atoms with Crippen LogP contribution in [0, 0.1) is 13.8 Å². The molecule has 3 heteroatoms. The zero-order valence-electron chi connectivity index (χ0n) is 12.2. The lowest BCUT2D eigenvalue weighted by Crippen LogP contribution is -2.42. The highest BCUT2D eigenvalue weighted by atomic mass is 16.2. The fraction of sp³-hybridized carbons (Fsp3) is 0.562. The number of carbonyl (C=O) groups is 1. The monoisotopic (exact) mass is 260 g/mol. The summed E-state index contributed by atoms with van der Waals surface area (Å²) in [6.07, 6.45) is 3.70. The van der Waals surface area contributed by atoms with Crippen molar-refractivity contribution < 1.29 is 4.79 Å². The molecular weight excluding hydrogens is 236 g/mol. The number of rotatable bonds is 3. The van der Waals surface area contributed by atoms with Crippen LogP contribution in [0.25, 0.3) is 0 Å². The highest BCUT2D eigenvalue weighted by Crippen LogP contribution is 2.17. The molecule has 1 aliphatic heterocycles. The van der Waals surface area contributed by atoms with Gasteiger partial charge in [0.2, 0.25) is 5.91 Å². The topological polar surface area (TPSA) is 32.3 Å². The van der Waals surface area contributed by atoms with E-state index in [1.165, 1.54) is 30.4 Å². The van der Waals surface area contributed by atoms with Crippen molar-refractivity contribution in [1.29, 1.82) is 0 Å². The van der Waals surface area contributed by atoms with Crippen molar-refractivity contribution in [2.75, 3.05) is 18.4 Å². The van der Waals surface area contributed by atoms with Gasteiger partial charge in [0.05, 0.1) is 6.54 Å². The summed E-state index contributed by atoms with van der Waals surface area (Å²) < 4.78 is 0. The van der Waals surface area contributed by atoms with E-state index in [-0.39, 0.29) is 5.91 Å². The predicted octanol–water partition coefficient (Wildman–Crippen LogP) is 3.12. The van der Waals surface area contributed by atoms with Crippen molar-refractivity contribution in [2.45, 2.75) is 46.1 Å². The number of aryl methyl sites for hydroxylation is 2. The molecule has 1 atom stereocenters. The Morgan fingerprint density at radius 2 is 1.95 bits per heavy atom. The third kappa shape index (κ3) is 4.06. The van der Waals surface area contributed by atoms with Crippen LogP contribution in [-0.4, -0.2) is 29.9 Å². The van der Waals surface area contributed by atoms with Gasteiger partial charge >= 0.3 is 0 Å². The normalized spacial score (nSPS) is 20.3. The second kappa shape index (κ2) is 6.20. The molecule has 1 fully saturated rings. The molecule has 1 aliphatic rings. The lowest BCUT2D eigenvalue weighted by atomic mass is 10.0. The van der Waals surface area contributed by atoms with Crippen molar-refractivity contribution in [1.82, 2.24) is 4.90 Å². The molecule has 1 aromatic rings. The summed E-state index contributed by atoms with van der Waals surface area (Å²) in [5, 5.41) is 3.01. The first-order valence-corrected chi connectivity index (χ1v) is 7.17. The first-order valence-electron chi connectivity index (χ1n) is 7.17. The molecule has 19 heavy (non-hydrogen) atoms. The largest absolute Gasteiger partial charge is 0.325 e. The maximum Gasteiger partial charge on any atom is 0.238 e. The van der Waals surface area contributed by atoms with Gasteiger partial charge in [0, 0.05) is 11.7 Å². The van der Waals surface area contributed by atoms with Gasteiger partial charge in [-0.05, 0) is 63.4 Å². The highest BCUT2D eigenvalue weighted by Gasteiger charge is 2.20. The van der Waals surface area contributed by atoms with Crippen molar-refractivity contribution >= 4 is 11.6 Å². The summed E-state index contributed by atoms with van der Waals surface area (Å²) in [5.41, 5.74) is 3.27. The summed E-state index contributed by atoms with van der Waals surface area (Å²) >= 11 is 0. The molecule has 2 rings (SSSR count). The minimum Gasteiger partial charge on any atom is -0.325 e. The van der Waals surface area contributed by atoms with Crippen molar-refractivity contribution in [2.24, 2.45) is 0 Å². The molecule has 1 N–H and O–H groups in total. The number of hydrogen-bond acceptors (Lipinski definition) is 2. The average Bonchev–Trinajstić information content (AvgIpc) is 2.30. The Labute approximate surface area is 116 Å². The van der Waals surface area contributed by atoms with Gasteiger partial charge in [0.25, 0.3) is 0 Å². The Morgan fingerprint density at radius 1 is 1.26 bits per heavy atom. The Hall–Kier alpha value is -1.35. The molecule has 1 unspecified atom stereocenters. The van der Waals surface area contributed by atoms with E-state index < -0.39 is 0 Å². The minimum atomic E-state index is 0.0961. The number of piperidine rings is 1. The van der Waals surface area contributed by atoms with E-state index in [1.807, 2.05) is 12.1 Å². The van der Waals surface area contributed by atoms with Crippen LogP contribution < -0.4 is 5.32 Å². The van der Waals surface area contributed by atoms with Gasteiger partial charge in [-0.2, -0.15) is 0 Å². The number of benzene rings is 1. The fourth-order valence-corrected chi connectivity index (χ4v) is 2.82. The zero-order valence-corrected chi connectivity index (χ0v) is 12.2. The van der Waals surface area contributed by atoms with E-state index in [9.17, 15) is 4.79 Å². The van der Waals surface area contributed by atoms with Crippen LogP contribution in [0.4, 0.5) is 5.69 Å². The molecule has 3 nitrogen and oxygen atoms in total. The molecule has 1 saturated heterocycles. The van der Waals surface area contributed by atoms with Gasteiger partial charge in [-0.15, -0.1) is 0 Å². The number of nitrogens with zero attached hydrogens (tertiary/aromatic N) is 1. The van der Waals surface area contributed by atoms with Gasteiger partial charge in [-0.25, -0.2) is 0 Å². The van der Waals surface area contributed by atoms with Crippen LogP contribution in [0.1, 0.15) is 37.3 Å². The van der Waals surface area contributed by atoms with Crippen LogP contribution in [0.2, 0.25) is 0 Å². The van der Waals surface area contributed by atoms with E-state index in [0.29, 0.717) is 12.6 Å². The molecular formula is C16H24N2O. The van der Waals surface area contributed by atoms with Crippen molar-refractivity contribution in [3.63, 3.8) is 0 Å². The Morgan fingerprint density at radius 3 is 2.58 bits per heavy atom. The van der Waals surface area contributed by atoms with Gasteiger partial charge in [-0.3, -0.25) is 9.69 Å². The van der Waals surface area contributed by atoms with Gasteiger partial charge < -0.3 is 5.32 Å². The Bertz CT molecular complexity index is 436. The molecule has 1 heterocycles. The standard InChI is InChI=1S/C16H24N2O/c1-12-8-13(2)10-15(9-12)17-16(19)11-18-7-5-4-6-14(18)3/h8-10,14H,4-7,11H2,1-3H3,(H,17,19). The second-order valence-corrected chi connectivity index (χ2v) is 5.74. The van der Waals surface area contributed by atoms with Crippen molar-refractivity contribution in [3.05, 3.63) is 29.3 Å². The van der Waals surface area contributed by atoms with E-state index in [2.05, 4.69) is 37.1 Å². The second-order valence-electron chi connectivity index (χ2n) is 5.74. The van der Waals surface area contributed by atoms with E-state index in [4.69, 9.17) is 0 Å². The van der Waals surface area contributed by atoms with Crippen molar-refractivity contribution in [3.8, 4) is 0 Å². The number of nitrogens with one attached hydrogen (secondary N) is 1. The SMILES string of the molecule is Cc1cc(C)cc(NC(=O)CN2CCCCC2C)c1. The summed E-state index contributed by atoms with van der Waals surface area (Å²) in [7, 11) is 0. The van der Waals surface area contributed by atoms with Gasteiger partial charge in [0.15, 0.2) is 0 Å². The quantitative estimate of drug-likeness (QED) is 0.905. The molecule has 0 aliphatic carbocycles. The maximum atomic E-state index is 12.1. The fourth-order valence-electron chi connectivity index (χ4n) is 2.82. The third-order valence-electron chi connectivity index (χ3n) is 3.79. The smallest absolute Gasteiger partial charge is 0.238 e. The number of hydrogen-bond donors (Lipinski definition) is 1. The lowest BCUT2D eigenvalue weighted by molar-refractivity contribution is -0.118. The molecule has 0 bridgehead atoms. The predicted molar refractivity (Wildman–Crippen MR) is 79.4 cm³/mol. The molecule has 104 valence electrons. The summed E-state index contributed by atoms with van der Waals surface area (Å²) in [5.74, 6) is 0.0961. The van der Waals surface area contributed by atoms with Crippen LogP contribution in [0.3, 0.4) is 0 Å². The Balaban J connectivity index is 1.93. The first-order chi connectivity index (χ1) is 9.04. The molecule has 0 aromatic heterocycles. The number of anilines is 1. The first kappa shape index (κ1) is 14.1. The van der Waals surface area contributed by atoms with Crippen LogP contribution in [-0.2, 0) is 4.79 Å². The maximum absolute atomic E-state index is 12.1. The molecule has 0 spiro atoms. The van der Waals surface area contributed by atoms with E-state index in [1.54, 1.807) is 0 Å². The molecule has 0 radical (unpaired) electrons. The number of carbonyl (C=O) groups excluding carboxylic acids is 1. The van der Waals surface area contributed by atoms with E-state index in [0.717, 1.165) is 12.2 Å². The van der Waals surface area contributed by atoms with Gasteiger partial charge in [0.1, 0.15) is 0 Å². The molecule has 1 amide bonds. The Kier molecular flexibility index (Phi) is 4.59. The summed E-state index contributed by atoms with van der Waals surface area (Å²) in [6.45, 7) is 7.86. The summed E-state index contributed by atoms with van der Waals surface area (Å²) in [4.78, 5) is 14.4. The number of amides is 1. The van der Waals surface area contributed by atoms with Crippen LogP contribution in [0.15, 0.2) is 18.2 Å². The zero-order chi connectivity index (χ0) is 13.8.